The molecule has 3 nitrogen and oxygen atoms in total. The second-order valence-electron chi connectivity index (χ2n) is 3.72. The minimum atomic E-state index is -4.52. The maximum Gasteiger partial charge on any atom is 0.433 e. The Morgan fingerprint density at radius 2 is 1.74 bits per heavy atom. The first kappa shape index (κ1) is 13.6. The van der Waals surface area contributed by atoms with E-state index >= 15 is 0 Å². The van der Waals surface area contributed by atoms with Crippen molar-refractivity contribution >= 4 is 17.5 Å². The lowest BCUT2D eigenvalue weighted by Gasteiger charge is -2.10. The van der Waals surface area contributed by atoms with Crippen LogP contribution in [0, 0.1) is 0 Å². The van der Waals surface area contributed by atoms with Crippen molar-refractivity contribution in [2.75, 3.05) is 12.4 Å². The van der Waals surface area contributed by atoms with Gasteiger partial charge in [0.2, 0.25) is 5.95 Å². The molecule has 0 unspecified atom stereocenters. The normalized spacial score (nSPS) is 11.4. The fraction of sp³-hybridized carbons (Fsp3) is 0.167. The van der Waals surface area contributed by atoms with Crippen molar-refractivity contribution < 1.29 is 13.2 Å². The zero-order chi connectivity index (χ0) is 14.0. The van der Waals surface area contributed by atoms with Crippen LogP contribution in [-0.4, -0.2) is 17.0 Å². The van der Waals surface area contributed by atoms with Gasteiger partial charge in [-0.05, 0) is 18.2 Å². The molecule has 0 spiro atoms. The van der Waals surface area contributed by atoms with Gasteiger partial charge in [-0.25, -0.2) is 9.97 Å². The van der Waals surface area contributed by atoms with E-state index in [1.165, 1.54) is 7.05 Å². The van der Waals surface area contributed by atoms with Crippen LogP contribution in [0.25, 0.3) is 11.3 Å². The third-order valence-corrected chi connectivity index (χ3v) is 2.63. The van der Waals surface area contributed by atoms with Gasteiger partial charge in [0.1, 0.15) is 0 Å². The van der Waals surface area contributed by atoms with Crippen LogP contribution < -0.4 is 5.32 Å². The highest BCUT2D eigenvalue weighted by Gasteiger charge is 2.33. The molecule has 0 aliphatic carbocycles. The van der Waals surface area contributed by atoms with Gasteiger partial charge < -0.3 is 5.32 Å². The molecule has 0 fully saturated rings. The predicted octanol–water partition coefficient (Wildman–Crippen LogP) is 3.86. The highest BCUT2D eigenvalue weighted by atomic mass is 35.5. The van der Waals surface area contributed by atoms with Crippen LogP contribution in [0.5, 0.6) is 0 Å². The minimum absolute atomic E-state index is 0.0835. The van der Waals surface area contributed by atoms with Crippen LogP contribution in [0.15, 0.2) is 30.3 Å². The van der Waals surface area contributed by atoms with Crippen LogP contribution in [0.2, 0.25) is 5.02 Å². The average molecular weight is 288 g/mol. The summed E-state index contributed by atoms with van der Waals surface area (Å²) < 4.78 is 38.2. The molecule has 0 aliphatic rings. The molecule has 0 atom stereocenters. The van der Waals surface area contributed by atoms with E-state index < -0.39 is 11.9 Å². The molecular weight excluding hydrogens is 279 g/mol. The fourth-order valence-corrected chi connectivity index (χ4v) is 1.60. The average Bonchev–Trinajstić information content (AvgIpc) is 2.38. The van der Waals surface area contributed by atoms with Crippen LogP contribution in [0.4, 0.5) is 19.1 Å². The highest BCUT2D eigenvalue weighted by molar-refractivity contribution is 6.30. The van der Waals surface area contributed by atoms with Gasteiger partial charge in [-0.1, -0.05) is 23.7 Å². The van der Waals surface area contributed by atoms with Crippen molar-refractivity contribution in [2.24, 2.45) is 0 Å². The summed E-state index contributed by atoms with van der Waals surface area (Å²) in [5, 5.41) is 3.02. The lowest BCUT2D eigenvalue weighted by Crippen LogP contribution is -2.11. The monoisotopic (exact) mass is 287 g/mol. The molecule has 1 aromatic carbocycles. The number of nitrogens with zero attached hydrogens (tertiary/aromatic N) is 2. The molecule has 2 rings (SSSR count). The first-order valence-electron chi connectivity index (χ1n) is 5.30. The summed E-state index contributed by atoms with van der Waals surface area (Å²) in [6, 6.07) is 7.29. The summed E-state index contributed by atoms with van der Waals surface area (Å²) in [7, 11) is 1.46. The highest BCUT2D eigenvalue weighted by Crippen LogP contribution is 2.31. The zero-order valence-electron chi connectivity index (χ0n) is 9.79. The number of nitrogens with one attached hydrogen (secondary N) is 1. The molecule has 0 saturated carbocycles. The maximum atomic E-state index is 12.7. The van der Waals surface area contributed by atoms with E-state index in [2.05, 4.69) is 15.3 Å². The summed E-state index contributed by atoms with van der Waals surface area (Å²) in [6.07, 6.45) is -4.52. The van der Waals surface area contributed by atoms with Gasteiger partial charge in [0.15, 0.2) is 5.69 Å². The molecule has 1 aromatic heterocycles. The largest absolute Gasteiger partial charge is 0.433 e. The van der Waals surface area contributed by atoms with E-state index in [9.17, 15) is 13.2 Å². The first-order valence-corrected chi connectivity index (χ1v) is 5.68. The molecule has 0 saturated heterocycles. The van der Waals surface area contributed by atoms with Crippen molar-refractivity contribution in [3.8, 4) is 11.3 Å². The Bertz CT molecular complexity index is 582. The van der Waals surface area contributed by atoms with E-state index in [-0.39, 0.29) is 11.6 Å². The number of aromatic nitrogens is 2. The van der Waals surface area contributed by atoms with Gasteiger partial charge in [-0.15, -0.1) is 0 Å². The van der Waals surface area contributed by atoms with Gasteiger partial charge in [0.05, 0.1) is 5.69 Å². The maximum absolute atomic E-state index is 12.7. The second kappa shape index (κ2) is 5.05. The molecular formula is C12H9ClF3N3. The molecule has 0 amide bonds. The van der Waals surface area contributed by atoms with Crippen LogP contribution in [0.1, 0.15) is 5.69 Å². The lowest BCUT2D eigenvalue weighted by molar-refractivity contribution is -0.141. The van der Waals surface area contributed by atoms with Crippen molar-refractivity contribution in [2.45, 2.75) is 6.18 Å². The van der Waals surface area contributed by atoms with E-state index in [1.807, 2.05) is 0 Å². The molecule has 1 heterocycles. The Kier molecular flexibility index (Phi) is 3.61. The molecule has 100 valence electrons. The number of hydrogen-bond acceptors (Lipinski definition) is 3. The summed E-state index contributed by atoms with van der Waals surface area (Å²) in [4.78, 5) is 7.39. The van der Waals surface area contributed by atoms with Crippen molar-refractivity contribution in [3.63, 3.8) is 0 Å². The SMILES string of the molecule is CNc1nc(-c2ccc(Cl)cc2)cc(C(F)(F)F)n1. The molecule has 1 N–H and O–H groups in total. The van der Waals surface area contributed by atoms with Crippen molar-refractivity contribution in [3.05, 3.63) is 41.0 Å². The smallest absolute Gasteiger partial charge is 0.357 e. The minimum Gasteiger partial charge on any atom is -0.357 e. The van der Waals surface area contributed by atoms with Gasteiger partial charge in [0, 0.05) is 17.6 Å². The number of rotatable bonds is 2. The molecule has 2 aromatic rings. The molecule has 7 heteroatoms. The van der Waals surface area contributed by atoms with Crippen molar-refractivity contribution in [1.29, 1.82) is 0 Å². The number of halogens is 4. The number of hydrogen-bond donors (Lipinski definition) is 1. The Morgan fingerprint density at radius 1 is 1.11 bits per heavy atom. The Morgan fingerprint density at radius 3 is 2.26 bits per heavy atom. The summed E-state index contributed by atoms with van der Waals surface area (Å²) in [5.41, 5.74) is -0.269. The number of anilines is 1. The van der Waals surface area contributed by atoms with E-state index in [0.717, 1.165) is 6.07 Å². The molecule has 19 heavy (non-hydrogen) atoms. The van der Waals surface area contributed by atoms with Gasteiger partial charge in [-0.3, -0.25) is 0 Å². The quantitative estimate of drug-likeness (QED) is 0.911. The second-order valence-corrected chi connectivity index (χ2v) is 4.15. The Hall–Kier alpha value is -1.82. The van der Waals surface area contributed by atoms with Crippen LogP contribution >= 0.6 is 11.6 Å². The van der Waals surface area contributed by atoms with Crippen LogP contribution in [0.3, 0.4) is 0 Å². The van der Waals surface area contributed by atoms with E-state index in [4.69, 9.17) is 11.6 Å². The Labute approximate surface area is 112 Å². The van der Waals surface area contributed by atoms with Crippen LogP contribution in [-0.2, 0) is 6.18 Å². The lowest BCUT2D eigenvalue weighted by atomic mass is 10.1. The van der Waals surface area contributed by atoms with Crippen molar-refractivity contribution in [1.82, 2.24) is 9.97 Å². The number of alkyl halides is 3. The predicted molar refractivity (Wildman–Crippen MR) is 67.0 cm³/mol. The molecule has 0 bridgehead atoms. The van der Waals surface area contributed by atoms with E-state index in [1.54, 1.807) is 24.3 Å². The Balaban J connectivity index is 2.54. The molecule has 0 radical (unpaired) electrons. The van der Waals surface area contributed by atoms with Gasteiger partial charge in [0.25, 0.3) is 0 Å². The first-order chi connectivity index (χ1) is 8.90. The third-order valence-electron chi connectivity index (χ3n) is 2.38. The summed E-state index contributed by atoms with van der Waals surface area (Å²) in [5.74, 6) is -0.0835. The van der Waals surface area contributed by atoms with E-state index in [0.29, 0.717) is 10.6 Å². The van der Waals surface area contributed by atoms with Gasteiger partial charge >= 0.3 is 6.18 Å². The zero-order valence-corrected chi connectivity index (χ0v) is 10.5. The van der Waals surface area contributed by atoms with Gasteiger partial charge in [-0.2, -0.15) is 13.2 Å². The molecule has 0 aliphatic heterocycles. The topological polar surface area (TPSA) is 37.8 Å². The summed E-state index contributed by atoms with van der Waals surface area (Å²) >= 11 is 5.74. The number of benzene rings is 1. The fourth-order valence-electron chi connectivity index (χ4n) is 1.47. The third kappa shape index (κ3) is 3.14. The standard InChI is InChI=1S/C12H9ClF3N3/c1-17-11-18-9(6-10(19-11)12(14,15)16)7-2-4-8(13)5-3-7/h2-6H,1H3,(H,17,18,19). The summed E-state index contributed by atoms with van der Waals surface area (Å²) in [6.45, 7) is 0.